The lowest BCUT2D eigenvalue weighted by atomic mass is 10.2. The minimum atomic E-state index is -0.280. The van der Waals surface area contributed by atoms with Crippen LogP contribution in [0.25, 0.3) is 0 Å². The molecule has 0 aliphatic carbocycles. The fourth-order valence-corrected chi connectivity index (χ4v) is 1.83. The predicted molar refractivity (Wildman–Crippen MR) is 58.7 cm³/mol. The summed E-state index contributed by atoms with van der Waals surface area (Å²) in [6.07, 6.45) is 0.947. The van der Waals surface area contributed by atoms with Gasteiger partial charge in [-0.15, -0.1) is 10.2 Å². The Morgan fingerprint density at radius 1 is 1.67 bits per heavy atom. The summed E-state index contributed by atoms with van der Waals surface area (Å²) in [7, 11) is 0. The van der Waals surface area contributed by atoms with Crippen LogP contribution in [0.1, 0.15) is 30.9 Å². The molecule has 0 radical (unpaired) electrons. The third kappa shape index (κ3) is 4.28. The number of tetrazole rings is 1. The standard InChI is InChI=1S/C8H15N5OS/c1-3-15-5-4-6(2)9-8(14)7-10-12-13-11-7/h6H,3-5H2,1-2H3,(H,9,14)(H,10,11,12,13). The lowest BCUT2D eigenvalue weighted by molar-refractivity contribution is 0.0929. The van der Waals surface area contributed by atoms with Crippen molar-refractivity contribution in [1.82, 2.24) is 25.9 Å². The third-order valence-corrected chi connectivity index (χ3v) is 2.76. The largest absolute Gasteiger partial charge is 0.347 e. The average Bonchev–Trinajstić information content (AvgIpc) is 2.70. The minimum absolute atomic E-state index is 0.0880. The molecule has 0 aliphatic rings. The SMILES string of the molecule is CCSCCC(C)NC(=O)c1nn[nH]n1. The van der Waals surface area contributed by atoms with Crippen molar-refractivity contribution in [3.8, 4) is 0 Å². The van der Waals surface area contributed by atoms with Crippen molar-refractivity contribution in [1.29, 1.82) is 0 Å². The summed E-state index contributed by atoms with van der Waals surface area (Å²) in [6, 6.07) is 0.134. The van der Waals surface area contributed by atoms with E-state index >= 15 is 0 Å². The maximum absolute atomic E-state index is 11.4. The van der Waals surface area contributed by atoms with Crippen molar-refractivity contribution in [3.63, 3.8) is 0 Å². The highest BCUT2D eigenvalue weighted by atomic mass is 32.2. The van der Waals surface area contributed by atoms with Gasteiger partial charge in [-0.2, -0.15) is 17.0 Å². The van der Waals surface area contributed by atoms with Gasteiger partial charge in [0.1, 0.15) is 0 Å². The Morgan fingerprint density at radius 3 is 3.07 bits per heavy atom. The van der Waals surface area contributed by atoms with Gasteiger partial charge in [-0.1, -0.05) is 6.92 Å². The zero-order valence-electron chi connectivity index (χ0n) is 8.86. The van der Waals surface area contributed by atoms with Crippen LogP contribution in [0, 0.1) is 0 Å². The quantitative estimate of drug-likeness (QED) is 0.692. The number of hydrogen-bond donors (Lipinski definition) is 2. The number of H-pyrrole nitrogens is 1. The molecule has 0 bridgehead atoms. The van der Waals surface area contributed by atoms with Crippen LogP contribution in [0.2, 0.25) is 0 Å². The van der Waals surface area contributed by atoms with Crippen molar-refractivity contribution in [2.75, 3.05) is 11.5 Å². The number of aromatic amines is 1. The fraction of sp³-hybridized carbons (Fsp3) is 0.750. The van der Waals surface area contributed by atoms with Crippen molar-refractivity contribution in [2.45, 2.75) is 26.3 Å². The Hall–Kier alpha value is -1.11. The van der Waals surface area contributed by atoms with E-state index in [9.17, 15) is 4.79 Å². The Labute approximate surface area is 92.6 Å². The van der Waals surface area contributed by atoms with Gasteiger partial charge in [-0.3, -0.25) is 4.79 Å². The minimum Gasteiger partial charge on any atom is -0.347 e. The Kier molecular flexibility index (Phi) is 5.09. The molecule has 0 saturated heterocycles. The first-order valence-corrected chi connectivity index (χ1v) is 6.01. The highest BCUT2D eigenvalue weighted by molar-refractivity contribution is 7.99. The van der Waals surface area contributed by atoms with Crippen LogP contribution in [0.15, 0.2) is 0 Å². The Morgan fingerprint density at radius 2 is 2.47 bits per heavy atom. The van der Waals surface area contributed by atoms with Crippen LogP contribution in [-0.2, 0) is 0 Å². The van der Waals surface area contributed by atoms with Crippen molar-refractivity contribution in [3.05, 3.63) is 5.82 Å². The molecule has 84 valence electrons. The Bertz CT molecular complexity index is 289. The second-order valence-electron chi connectivity index (χ2n) is 3.10. The van der Waals surface area contributed by atoms with Gasteiger partial charge in [0, 0.05) is 6.04 Å². The monoisotopic (exact) mass is 229 g/mol. The van der Waals surface area contributed by atoms with Gasteiger partial charge in [-0.25, -0.2) is 0 Å². The topological polar surface area (TPSA) is 83.6 Å². The first-order chi connectivity index (χ1) is 7.24. The zero-order chi connectivity index (χ0) is 11.1. The molecule has 6 nitrogen and oxygen atoms in total. The van der Waals surface area contributed by atoms with E-state index in [0.717, 1.165) is 17.9 Å². The van der Waals surface area contributed by atoms with Crippen LogP contribution in [-0.4, -0.2) is 44.1 Å². The maximum atomic E-state index is 11.4. The summed E-state index contributed by atoms with van der Waals surface area (Å²) in [5, 5.41) is 15.6. The van der Waals surface area contributed by atoms with E-state index < -0.39 is 0 Å². The molecule has 0 aromatic carbocycles. The lowest BCUT2D eigenvalue weighted by Gasteiger charge is -2.11. The van der Waals surface area contributed by atoms with E-state index in [2.05, 4.69) is 32.9 Å². The molecule has 15 heavy (non-hydrogen) atoms. The summed E-state index contributed by atoms with van der Waals surface area (Å²) in [5.41, 5.74) is 0. The highest BCUT2D eigenvalue weighted by Crippen LogP contribution is 2.03. The summed E-state index contributed by atoms with van der Waals surface area (Å²) in [6.45, 7) is 4.08. The lowest BCUT2D eigenvalue weighted by Crippen LogP contribution is -2.33. The fourth-order valence-electron chi connectivity index (χ4n) is 1.02. The summed E-state index contributed by atoms with van der Waals surface area (Å²) >= 11 is 1.86. The van der Waals surface area contributed by atoms with E-state index in [4.69, 9.17) is 0 Å². The van der Waals surface area contributed by atoms with Crippen LogP contribution in [0.3, 0.4) is 0 Å². The molecule has 0 aliphatic heterocycles. The van der Waals surface area contributed by atoms with Crippen LogP contribution in [0.4, 0.5) is 0 Å². The van der Waals surface area contributed by atoms with Gasteiger partial charge >= 0.3 is 0 Å². The molecule has 0 saturated carbocycles. The highest BCUT2D eigenvalue weighted by Gasteiger charge is 2.13. The van der Waals surface area contributed by atoms with Crippen molar-refractivity contribution in [2.24, 2.45) is 0 Å². The summed E-state index contributed by atoms with van der Waals surface area (Å²) in [4.78, 5) is 11.4. The van der Waals surface area contributed by atoms with Gasteiger partial charge in [-0.05, 0) is 30.1 Å². The first kappa shape index (κ1) is 12.0. The molecule has 1 unspecified atom stereocenters. The van der Waals surface area contributed by atoms with Gasteiger partial charge in [0.05, 0.1) is 0 Å². The molecule has 1 amide bonds. The number of aromatic nitrogens is 4. The number of amides is 1. The van der Waals surface area contributed by atoms with E-state index in [1.807, 2.05) is 18.7 Å². The van der Waals surface area contributed by atoms with Crippen LogP contribution < -0.4 is 5.32 Å². The molecule has 1 heterocycles. The van der Waals surface area contributed by atoms with E-state index in [1.165, 1.54) is 0 Å². The number of nitrogens with one attached hydrogen (secondary N) is 2. The first-order valence-electron chi connectivity index (χ1n) is 4.86. The molecular formula is C8H15N5OS. The Balaban J connectivity index is 2.26. The predicted octanol–water partition coefficient (Wildman–Crippen LogP) is 0.461. The molecule has 0 spiro atoms. The number of carbonyl (C=O) groups is 1. The molecule has 1 aromatic rings. The van der Waals surface area contributed by atoms with Gasteiger partial charge < -0.3 is 5.32 Å². The van der Waals surface area contributed by atoms with Gasteiger partial charge in [0.25, 0.3) is 11.7 Å². The third-order valence-electron chi connectivity index (χ3n) is 1.83. The van der Waals surface area contributed by atoms with Crippen LogP contribution in [0.5, 0.6) is 0 Å². The van der Waals surface area contributed by atoms with Crippen LogP contribution >= 0.6 is 11.8 Å². The normalized spacial score (nSPS) is 12.4. The number of thioether (sulfide) groups is 1. The number of nitrogens with zero attached hydrogens (tertiary/aromatic N) is 3. The smallest absolute Gasteiger partial charge is 0.293 e. The van der Waals surface area contributed by atoms with E-state index in [0.29, 0.717) is 0 Å². The van der Waals surface area contributed by atoms with Gasteiger partial charge in [0.2, 0.25) is 0 Å². The zero-order valence-corrected chi connectivity index (χ0v) is 9.67. The van der Waals surface area contributed by atoms with E-state index in [1.54, 1.807) is 0 Å². The molecular weight excluding hydrogens is 214 g/mol. The number of hydrogen-bond acceptors (Lipinski definition) is 5. The molecule has 0 fully saturated rings. The molecule has 2 N–H and O–H groups in total. The van der Waals surface area contributed by atoms with E-state index in [-0.39, 0.29) is 17.8 Å². The molecule has 1 atom stereocenters. The average molecular weight is 229 g/mol. The van der Waals surface area contributed by atoms with Crippen molar-refractivity contribution < 1.29 is 4.79 Å². The maximum Gasteiger partial charge on any atom is 0.293 e. The molecule has 1 aromatic heterocycles. The van der Waals surface area contributed by atoms with Gasteiger partial charge in [0.15, 0.2) is 0 Å². The number of rotatable bonds is 6. The molecule has 1 rings (SSSR count). The molecule has 7 heteroatoms. The summed E-state index contributed by atoms with van der Waals surface area (Å²) < 4.78 is 0. The second kappa shape index (κ2) is 6.39. The second-order valence-corrected chi connectivity index (χ2v) is 4.49. The van der Waals surface area contributed by atoms with Crippen molar-refractivity contribution >= 4 is 17.7 Å². The summed E-state index contributed by atoms with van der Waals surface area (Å²) in [5.74, 6) is 1.96. The number of carbonyl (C=O) groups excluding carboxylic acids is 1.